The summed E-state index contributed by atoms with van der Waals surface area (Å²) in [5.41, 5.74) is 2.08. The molecule has 0 atom stereocenters. The highest BCUT2D eigenvalue weighted by Crippen LogP contribution is 2.36. The number of allylic oxidation sites excluding steroid dienone is 1. The van der Waals surface area contributed by atoms with Crippen LogP contribution in [0.2, 0.25) is 0 Å². The molecule has 0 bridgehead atoms. The first-order valence-corrected chi connectivity index (χ1v) is 9.43. The van der Waals surface area contributed by atoms with E-state index in [1.165, 1.54) is 31.3 Å². The maximum Gasteiger partial charge on any atom is 0.230 e. The van der Waals surface area contributed by atoms with Gasteiger partial charge in [-0.25, -0.2) is 0 Å². The zero-order chi connectivity index (χ0) is 17.5. The number of hydrogen-bond acceptors (Lipinski definition) is 3. The standard InChI is InChI=1S/C21H29NO3/c1-24-19-9-7-18(8-10-19)21(12-15-25-16-13-21)20(23)22-14-11-17-5-3-2-4-6-17/h5,7-10H,2-4,6,11-16H2,1H3,(H,22,23). The molecule has 1 aromatic carbocycles. The lowest BCUT2D eigenvalue weighted by Gasteiger charge is -2.36. The van der Waals surface area contributed by atoms with Gasteiger partial charge >= 0.3 is 0 Å². The van der Waals surface area contributed by atoms with Gasteiger partial charge in [-0.05, 0) is 62.6 Å². The third kappa shape index (κ3) is 4.24. The van der Waals surface area contributed by atoms with E-state index in [2.05, 4.69) is 11.4 Å². The number of carbonyl (C=O) groups is 1. The van der Waals surface area contributed by atoms with Gasteiger partial charge in [-0.1, -0.05) is 23.8 Å². The van der Waals surface area contributed by atoms with Crippen molar-refractivity contribution in [2.24, 2.45) is 0 Å². The van der Waals surface area contributed by atoms with Crippen LogP contribution in [-0.2, 0) is 14.9 Å². The van der Waals surface area contributed by atoms with E-state index in [0.29, 0.717) is 13.2 Å². The van der Waals surface area contributed by atoms with Gasteiger partial charge in [0, 0.05) is 19.8 Å². The number of ether oxygens (including phenoxy) is 2. The fraction of sp³-hybridized carbons (Fsp3) is 0.571. The van der Waals surface area contributed by atoms with Gasteiger partial charge in [-0.2, -0.15) is 0 Å². The van der Waals surface area contributed by atoms with E-state index in [1.54, 1.807) is 7.11 Å². The van der Waals surface area contributed by atoms with Crippen molar-refractivity contribution < 1.29 is 14.3 Å². The first-order chi connectivity index (χ1) is 12.2. The van der Waals surface area contributed by atoms with E-state index in [1.807, 2.05) is 24.3 Å². The van der Waals surface area contributed by atoms with Crippen molar-refractivity contribution in [3.63, 3.8) is 0 Å². The van der Waals surface area contributed by atoms with Crippen LogP contribution in [-0.4, -0.2) is 32.8 Å². The summed E-state index contributed by atoms with van der Waals surface area (Å²) < 4.78 is 10.8. The van der Waals surface area contributed by atoms with Gasteiger partial charge in [0.2, 0.25) is 5.91 Å². The molecule has 0 spiro atoms. The van der Waals surface area contributed by atoms with Crippen LogP contribution >= 0.6 is 0 Å². The number of carbonyl (C=O) groups excluding carboxylic acids is 1. The SMILES string of the molecule is COc1ccc(C2(C(=O)NCCC3=CCCCC3)CCOCC2)cc1. The summed E-state index contributed by atoms with van der Waals surface area (Å²) >= 11 is 0. The molecule has 136 valence electrons. The van der Waals surface area contributed by atoms with Gasteiger partial charge in [0.05, 0.1) is 12.5 Å². The first-order valence-electron chi connectivity index (χ1n) is 9.43. The Labute approximate surface area is 150 Å². The zero-order valence-corrected chi connectivity index (χ0v) is 15.2. The molecule has 0 unspecified atom stereocenters. The maximum atomic E-state index is 13.1. The molecule has 0 saturated carbocycles. The fourth-order valence-corrected chi connectivity index (χ4v) is 3.91. The summed E-state index contributed by atoms with van der Waals surface area (Å²) in [5.74, 6) is 0.952. The summed E-state index contributed by atoms with van der Waals surface area (Å²) in [6.07, 6.45) is 9.75. The van der Waals surface area contributed by atoms with E-state index >= 15 is 0 Å². The van der Waals surface area contributed by atoms with Gasteiger partial charge in [-0.15, -0.1) is 0 Å². The minimum absolute atomic E-state index is 0.136. The molecule has 1 amide bonds. The number of hydrogen-bond donors (Lipinski definition) is 1. The summed E-state index contributed by atoms with van der Waals surface area (Å²) in [7, 11) is 1.66. The second kappa shape index (κ2) is 8.52. The van der Waals surface area contributed by atoms with Gasteiger partial charge < -0.3 is 14.8 Å². The predicted molar refractivity (Wildman–Crippen MR) is 98.9 cm³/mol. The van der Waals surface area contributed by atoms with Gasteiger partial charge in [0.25, 0.3) is 0 Å². The monoisotopic (exact) mass is 343 g/mol. The molecule has 1 aliphatic carbocycles. The van der Waals surface area contributed by atoms with Crippen LogP contribution in [0, 0.1) is 0 Å². The van der Waals surface area contributed by atoms with Crippen LogP contribution in [0.3, 0.4) is 0 Å². The van der Waals surface area contributed by atoms with Crippen LogP contribution in [0.4, 0.5) is 0 Å². The number of methoxy groups -OCH3 is 1. The highest BCUT2D eigenvalue weighted by molar-refractivity contribution is 5.88. The predicted octanol–water partition coefficient (Wildman–Crippen LogP) is 3.75. The van der Waals surface area contributed by atoms with Crippen molar-refractivity contribution in [1.82, 2.24) is 5.32 Å². The average molecular weight is 343 g/mol. The lowest BCUT2D eigenvalue weighted by molar-refractivity contribution is -0.130. The molecule has 1 aliphatic heterocycles. The minimum atomic E-state index is -0.481. The molecule has 0 aromatic heterocycles. The van der Waals surface area contributed by atoms with Gasteiger partial charge in [0.15, 0.2) is 0 Å². The Kier molecular flexibility index (Phi) is 6.14. The van der Waals surface area contributed by atoms with Crippen LogP contribution in [0.15, 0.2) is 35.9 Å². The number of rotatable bonds is 6. The molecule has 1 heterocycles. The molecule has 3 rings (SSSR count). The van der Waals surface area contributed by atoms with Crippen molar-refractivity contribution in [3.05, 3.63) is 41.5 Å². The van der Waals surface area contributed by atoms with Crippen LogP contribution in [0.1, 0.15) is 50.5 Å². The number of benzene rings is 1. The molecule has 1 N–H and O–H groups in total. The quantitative estimate of drug-likeness (QED) is 0.800. The molecular weight excluding hydrogens is 314 g/mol. The Morgan fingerprint density at radius 2 is 1.96 bits per heavy atom. The van der Waals surface area contributed by atoms with Gasteiger partial charge in [0.1, 0.15) is 5.75 Å². The van der Waals surface area contributed by atoms with Crippen molar-refractivity contribution in [2.75, 3.05) is 26.9 Å². The van der Waals surface area contributed by atoms with Crippen molar-refractivity contribution in [2.45, 2.75) is 50.4 Å². The summed E-state index contributed by atoms with van der Waals surface area (Å²) in [6.45, 7) is 1.98. The molecule has 1 aromatic rings. The Morgan fingerprint density at radius 1 is 1.20 bits per heavy atom. The second-order valence-corrected chi connectivity index (χ2v) is 7.04. The number of amides is 1. The molecule has 4 heteroatoms. The molecule has 1 fully saturated rings. The Hall–Kier alpha value is -1.81. The average Bonchev–Trinajstić information content (AvgIpc) is 2.69. The fourth-order valence-electron chi connectivity index (χ4n) is 3.91. The lowest BCUT2D eigenvalue weighted by atomic mass is 9.73. The topological polar surface area (TPSA) is 47.6 Å². The van der Waals surface area contributed by atoms with Crippen LogP contribution in [0.25, 0.3) is 0 Å². The Bertz CT molecular complexity index is 600. The second-order valence-electron chi connectivity index (χ2n) is 7.04. The zero-order valence-electron chi connectivity index (χ0n) is 15.2. The van der Waals surface area contributed by atoms with Crippen LogP contribution in [0.5, 0.6) is 5.75 Å². The Balaban J connectivity index is 1.68. The molecule has 25 heavy (non-hydrogen) atoms. The molecular formula is C21H29NO3. The molecule has 2 aliphatic rings. The third-order valence-corrected chi connectivity index (χ3v) is 5.54. The minimum Gasteiger partial charge on any atom is -0.497 e. The van der Waals surface area contributed by atoms with E-state index in [-0.39, 0.29) is 5.91 Å². The van der Waals surface area contributed by atoms with E-state index < -0.39 is 5.41 Å². The first kappa shape index (κ1) is 18.0. The lowest BCUT2D eigenvalue weighted by Crippen LogP contribution is -2.48. The summed E-state index contributed by atoms with van der Waals surface area (Å²) in [6, 6.07) is 7.92. The largest absolute Gasteiger partial charge is 0.497 e. The third-order valence-electron chi connectivity index (χ3n) is 5.54. The van der Waals surface area contributed by atoms with Gasteiger partial charge in [-0.3, -0.25) is 4.79 Å². The molecule has 1 saturated heterocycles. The highest BCUT2D eigenvalue weighted by Gasteiger charge is 2.41. The smallest absolute Gasteiger partial charge is 0.230 e. The highest BCUT2D eigenvalue weighted by atomic mass is 16.5. The van der Waals surface area contributed by atoms with Crippen molar-refractivity contribution >= 4 is 5.91 Å². The van der Waals surface area contributed by atoms with E-state index in [4.69, 9.17) is 9.47 Å². The summed E-state index contributed by atoms with van der Waals surface area (Å²) in [5, 5.41) is 3.20. The maximum absolute atomic E-state index is 13.1. The normalized spacial score (nSPS) is 19.8. The molecule has 0 radical (unpaired) electrons. The van der Waals surface area contributed by atoms with Crippen molar-refractivity contribution in [1.29, 1.82) is 0 Å². The van der Waals surface area contributed by atoms with E-state index in [9.17, 15) is 4.79 Å². The Morgan fingerprint density at radius 3 is 2.60 bits per heavy atom. The molecule has 4 nitrogen and oxygen atoms in total. The number of nitrogens with one attached hydrogen (secondary N) is 1. The van der Waals surface area contributed by atoms with E-state index in [0.717, 1.165) is 37.1 Å². The van der Waals surface area contributed by atoms with Crippen molar-refractivity contribution in [3.8, 4) is 5.75 Å². The van der Waals surface area contributed by atoms with Crippen LogP contribution < -0.4 is 10.1 Å². The summed E-state index contributed by atoms with van der Waals surface area (Å²) in [4.78, 5) is 13.1.